The van der Waals surface area contributed by atoms with Gasteiger partial charge in [-0.25, -0.2) is 0 Å². The Kier molecular flexibility index (Phi) is 3.91. The summed E-state index contributed by atoms with van der Waals surface area (Å²) < 4.78 is 0. The molecule has 0 heterocycles. The molecule has 0 bridgehead atoms. The summed E-state index contributed by atoms with van der Waals surface area (Å²) in [6, 6.07) is 15.6. The van der Waals surface area contributed by atoms with E-state index in [4.69, 9.17) is 23.2 Å². The van der Waals surface area contributed by atoms with E-state index in [1.54, 1.807) is 0 Å². The zero-order valence-electron chi connectivity index (χ0n) is 8.33. The fourth-order valence-corrected chi connectivity index (χ4v) is 2.40. The molecule has 2 aromatic rings. The lowest BCUT2D eigenvalue weighted by Crippen LogP contribution is -1.91. The first kappa shape index (κ1) is 12.0. The Morgan fingerprint density at radius 2 is 1.50 bits per heavy atom. The van der Waals surface area contributed by atoms with E-state index in [1.807, 2.05) is 48.5 Å². The summed E-state index contributed by atoms with van der Waals surface area (Å²) in [6.45, 7) is 0. The van der Waals surface area contributed by atoms with Crippen molar-refractivity contribution < 1.29 is 0 Å². The molecule has 0 fully saturated rings. The van der Waals surface area contributed by atoms with Gasteiger partial charge in [0.15, 0.2) is 0 Å². The minimum Gasteiger partial charge on any atom is -0.0843 e. The Hall–Kier alpha value is -0.500. The fraction of sp³-hybridized carbons (Fsp3) is 0.0769. The van der Waals surface area contributed by atoms with Gasteiger partial charge in [0, 0.05) is 10.0 Å². The minimum atomic E-state index is 0.142. The number of hydrogen-bond donors (Lipinski definition) is 0. The van der Waals surface area contributed by atoms with Crippen LogP contribution < -0.4 is 0 Å². The van der Waals surface area contributed by atoms with E-state index in [0.29, 0.717) is 0 Å². The largest absolute Gasteiger partial charge is 0.0843 e. The maximum atomic E-state index is 5.96. The van der Waals surface area contributed by atoms with Crippen LogP contribution in [0.15, 0.2) is 48.5 Å². The Morgan fingerprint density at radius 1 is 0.812 bits per heavy atom. The van der Waals surface area contributed by atoms with Gasteiger partial charge in [-0.05, 0) is 35.4 Å². The molecule has 0 aliphatic carbocycles. The molecule has 0 radical (unpaired) electrons. The Morgan fingerprint density at radius 3 is 2.12 bits per heavy atom. The quantitative estimate of drug-likeness (QED) is 0.644. The van der Waals surface area contributed by atoms with E-state index in [9.17, 15) is 0 Å². The van der Waals surface area contributed by atoms with Crippen molar-refractivity contribution in [3.8, 4) is 0 Å². The lowest BCUT2D eigenvalue weighted by molar-refractivity contribution is 1.18. The molecule has 0 aliphatic heterocycles. The second-order valence-electron chi connectivity index (χ2n) is 3.47. The summed E-state index contributed by atoms with van der Waals surface area (Å²) in [5, 5.41) is 1.49. The zero-order valence-corrected chi connectivity index (χ0v) is 11.4. The van der Waals surface area contributed by atoms with Gasteiger partial charge >= 0.3 is 0 Å². The number of hydrogen-bond acceptors (Lipinski definition) is 0. The van der Waals surface area contributed by atoms with Crippen LogP contribution in [-0.4, -0.2) is 0 Å². The highest BCUT2D eigenvalue weighted by Crippen LogP contribution is 2.32. The molecule has 1 unspecified atom stereocenters. The number of alkyl halides is 1. The van der Waals surface area contributed by atoms with E-state index in [-0.39, 0.29) is 4.83 Å². The summed E-state index contributed by atoms with van der Waals surface area (Å²) in [4.78, 5) is 0.142. The van der Waals surface area contributed by atoms with Gasteiger partial charge < -0.3 is 0 Å². The van der Waals surface area contributed by atoms with Crippen molar-refractivity contribution in [3.63, 3.8) is 0 Å². The first-order chi connectivity index (χ1) is 7.66. The van der Waals surface area contributed by atoms with Gasteiger partial charge in [0.1, 0.15) is 0 Å². The third kappa shape index (κ3) is 2.79. The molecule has 0 spiro atoms. The monoisotopic (exact) mass is 314 g/mol. The minimum absolute atomic E-state index is 0.142. The van der Waals surface area contributed by atoms with E-state index in [2.05, 4.69) is 15.9 Å². The van der Waals surface area contributed by atoms with Crippen LogP contribution in [0.25, 0.3) is 0 Å². The van der Waals surface area contributed by atoms with Crippen LogP contribution in [0.4, 0.5) is 0 Å². The normalized spacial score (nSPS) is 12.4. The van der Waals surface area contributed by atoms with Crippen molar-refractivity contribution in [1.82, 2.24) is 0 Å². The second-order valence-corrected chi connectivity index (χ2v) is 5.26. The van der Waals surface area contributed by atoms with Gasteiger partial charge in [-0.15, -0.1) is 0 Å². The van der Waals surface area contributed by atoms with Crippen LogP contribution in [0.1, 0.15) is 16.0 Å². The first-order valence-corrected chi connectivity index (χ1v) is 6.49. The molecule has 0 aromatic heterocycles. The summed E-state index contributed by atoms with van der Waals surface area (Å²) in [5.41, 5.74) is 2.29. The lowest BCUT2D eigenvalue weighted by Gasteiger charge is -2.11. The lowest BCUT2D eigenvalue weighted by atomic mass is 10.1. The van der Waals surface area contributed by atoms with Crippen molar-refractivity contribution in [2.24, 2.45) is 0 Å². The van der Waals surface area contributed by atoms with Crippen molar-refractivity contribution in [3.05, 3.63) is 69.7 Å². The van der Waals surface area contributed by atoms with Gasteiger partial charge in [0.25, 0.3) is 0 Å². The molecule has 1 atom stereocenters. The molecular weight excluding hydrogens is 307 g/mol. The summed E-state index contributed by atoms with van der Waals surface area (Å²) >= 11 is 15.5. The highest BCUT2D eigenvalue weighted by molar-refractivity contribution is 9.09. The van der Waals surface area contributed by atoms with Gasteiger partial charge in [0.05, 0.1) is 4.83 Å². The Balaban J connectivity index is 2.31. The summed E-state index contributed by atoms with van der Waals surface area (Å²) in [6.07, 6.45) is 0. The average Bonchev–Trinajstić information content (AvgIpc) is 2.29. The molecule has 16 heavy (non-hydrogen) atoms. The predicted molar refractivity (Wildman–Crippen MR) is 73.7 cm³/mol. The molecular formula is C13H9BrCl2. The highest BCUT2D eigenvalue weighted by atomic mass is 79.9. The van der Waals surface area contributed by atoms with Crippen molar-refractivity contribution in [2.45, 2.75) is 4.83 Å². The average molecular weight is 316 g/mol. The topological polar surface area (TPSA) is 0 Å². The molecule has 0 saturated carbocycles. The molecule has 0 aliphatic rings. The van der Waals surface area contributed by atoms with Crippen LogP contribution in [0.2, 0.25) is 10.0 Å². The van der Waals surface area contributed by atoms with Gasteiger partial charge in [-0.1, -0.05) is 63.4 Å². The zero-order chi connectivity index (χ0) is 11.5. The smallest absolute Gasteiger partial charge is 0.0645 e. The molecule has 2 aromatic carbocycles. The molecule has 3 heteroatoms. The summed E-state index contributed by atoms with van der Waals surface area (Å²) in [5.74, 6) is 0. The van der Waals surface area contributed by atoms with E-state index in [1.165, 1.54) is 0 Å². The SMILES string of the molecule is Clc1ccc(C(Br)c2cccc(Cl)c2)cc1. The Labute approximate surface area is 113 Å². The van der Waals surface area contributed by atoms with Crippen LogP contribution >= 0.6 is 39.1 Å². The van der Waals surface area contributed by atoms with Crippen molar-refractivity contribution in [1.29, 1.82) is 0 Å². The van der Waals surface area contributed by atoms with Crippen LogP contribution in [-0.2, 0) is 0 Å². The van der Waals surface area contributed by atoms with Crippen molar-refractivity contribution >= 4 is 39.1 Å². The number of rotatable bonds is 2. The maximum absolute atomic E-state index is 5.96. The van der Waals surface area contributed by atoms with Gasteiger partial charge in [-0.2, -0.15) is 0 Å². The molecule has 82 valence electrons. The van der Waals surface area contributed by atoms with E-state index >= 15 is 0 Å². The fourth-order valence-electron chi connectivity index (χ4n) is 1.49. The molecule has 0 N–H and O–H groups in total. The molecule has 0 nitrogen and oxygen atoms in total. The molecule has 0 amide bonds. The maximum Gasteiger partial charge on any atom is 0.0645 e. The van der Waals surface area contributed by atoms with Crippen LogP contribution in [0, 0.1) is 0 Å². The Bertz CT molecular complexity index is 480. The standard InChI is InChI=1S/C13H9BrCl2/c14-13(9-4-6-11(15)7-5-9)10-2-1-3-12(16)8-10/h1-8,13H. The third-order valence-electron chi connectivity index (χ3n) is 2.30. The third-order valence-corrected chi connectivity index (χ3v) is 3.85. The summed E-state index contributed by atoms with van der Waals surface area (Å²) in [7, 11) is 0. The number of benzene rings is 2. The van der Waals surface area contributed by atoms with Gasteiger partial charge in [0.2, 0.25) is 0 Å². The van der Waals surface area contributed by atoms with Crippen LogP contribution in [0.3, 0.4) is 0 Å². The second kappa shape index (κ2) is 5.22. The van der Waals surface area contributed by atoms with Gasteiger partial charge in [-0.3, -0.25) is 0 Å². The van der Waals surface area contributed by atoms with E-state index < -0.39 is 0 Å². The molecule has 2 rings (SSSR count). The highest BCUT2D eigenvalue weighted by Gasteiger charge is 2.10. The van der Waals surface area contributed by atoms with Crippen molar-refractivity contribution in [2.75, 3.05) is 0 Å². The molecule has 0 saturated heterocycles. The van der Waals surface area contributed by atoms with Crippen LogP contribution in [0.5, 0.6) is 0 Å². The predicted octanol–water partition coefficient (Wildman–Crippen LogP) is 5.48. The first-order valence-electron chi connectivity index (χ1n) is 4.82. The van der Waals surface area contributed by atoms with E-state index in [0.717, 1.165) is 21.2 Å². The number of halogens is 3.